The number of morpholine rings is 1. The summed E-state index contributed by atoms with van der Waals surface area (Å²) in [5.41, 5.74) is -0.584. The second-order valence-electron chi connectivity index (χ2n) is 7.18. The van der Waals surface area contributed by atoms with Crippen LogP contribution in [0, 0.1) is 0 Å². The topological polar surface area (TPSA) is 76.9 Å². The molecule has 8 heteroatoms. The molecule has 0 aliphatic carbocycles. The number of imidazole rings is 1. The summed E-state index contributed by atoms with van der Waals surface area (Å²) in [4.78, 5) is 33.2. The molecule has 0 N–H and O–H groups in total. The molecule has 0 saturated carbocycles. The standard InChI is InChI=1S/C18H26N4O4/c1-2-15(23)20-6-3-18(4-7-20)17-19-5-8-22(17)13-14(26-18)16(24)21-9-11-25-12-10-21/h5,8,14H,2-4,6-7,9-13H2,1H3. The molecule has 1 atom stereocenters. The minimum atomic E-state index is -0.584. The van der Waals surface area contributed by atoms with Crippen molar-refractivity contribution in [2.75, 3.05) is 39.4 Å². The highest BCUT2D eigenvalue weighted by Gasteiger charge is 2.48. The first-order chi connectivity index (χ1) is 12.6. The van der Waals surface area contributed by atoms with Crippen LogP contribution in [0.25, 0.3) is 0 Å². The lowest BCUT2D eigenvalue weighted by Crippen LogP contribution is -2.56. The minimum absolute atomic E-state index is 0.0269. The maximum Gasteiger partial charge on any atom is 0.253 e. The Morgan fingerprint density at radius 3 is 2.62 bits per heavy atom. The van der Waals surface area contributed by atoms with E-state index >= 15 is 0 Å². The molecule has 1 unspecified atom stereocenters. The first-order valence-corrected chi connectivity index (χ1v) is 9.47. The lowest BCUT2D eigenvalue weighted by Gasteiger charge is -2.46. The van der Waals surface area contributed by atoms with Crippen LogP contribution < -0.4 is 0 Å². The van der Waals surface area contributed by atoms with E-state index < -0.39 is 11.7 Å². The van der Waals surface area contributed by atoms with Crippen molar-refractivity contribution >= 4 is 11.8 Å². The summed E-state index contributed by atoms with van der Waals surface area (Å²) < 4.78 is 13.8. The highest BCUT2D eigenvalue weighted by Crippen LogP contribution is 2.40. The van der Waals surface area contributed by atoms with E-state index in [0.717, 1.165) is 5.82 Å². The van der Waals surface area contributed by atoms with Gasteiger partial charge in [-0.3, -0.25) is 9.59 Å². The molecule has 2 fully saturated rings. The highest BCUT2D eigenvalue weighted by atomic mass is 16.5. The second kappa shape index (κ2) is 7.00. The van der Waals surface area contributed by atoms with Gasteiger partial charge in [0.05, 0.1) is 19.8 Å². The summed E-state index contributed by atoms with van der Waals surface area (Å²) >= 11 is 0. The molecule has 1 spiro atoms. The van der Waals surface area contributed by atoms with Crippen molar-refractivity contribution in [2.24, 2.45) is 0 Å². The number of ether oxygens (including phenoxy) is 2. The third-order valence-electron chi connectivity index (χ3n) is 5.68. The minimum Gasteiger partial charge on any atom is -0.378 e. The average molecular weight is 362 g/mol. The number of amides is 2. The molecule has 26 heavy (non-hydrogen) atoms. The normalized spacial score (nSPS) is 25.2. The Balaban J connectivity index is 1.54. The molecular weight excluding hydrogens is 336 g/mol. The molecule has 8 nitrogen and oxygen atoms in total. The van der Waals surface area contributed by atoms with Gasteiger partial charge in [0.25, 0.3) is 5.91 Å². The summed E-state index contributed by atoms with van der Waals surface area (Å²) in [6.45, 7) is 6.03. The fourth-order valence-corrected chi connectivity index (χ4v) is 4.20. The van der Waals surface area contributed by atoms with Crippen LogP contribution in [0.4, 0.5) is 0 Å². The van der Waals surface area contributed by atoms with Gasteiger partial charge < -0.3 is 23.8 Å². The number of nitrogens with zero attached hydrogens (tertiary/aromatic N) is 4. The van der Waals surface area contributed by atoms with E-state index in [1.54, 1.807) is 6.20 Å². The fraction of sp³-hybridized carbons (Fsp3) is 0.722. The maximum absolute atomic E-state index is 13.0. The van der Waals surface area contributed by atoms with Crippen LogP contribution in [-0.2, 0) is 31.2 Å². The number of fused-ring (bicyclic) bond motifs is 2. The van der Waals surface area contributed by atoms with Gasteiger partial charge in [0.15, 0.2) is 6.10 Å². The Morgan fingerprint density at radius 2 is 1.92 bits per heavy atom. The number of carbonyl (C=O) groups excluding carboxylic acids is 2. The van der Waals surface area contributed by atoms with Gasteiger partial charge in [0, 0.05) is 57.8 Å². The largest absolute Gasteiger partial charge is 0.378 e. The number of hydrogen-bond donors (Lipinski definition) is 0. The van der Waals surface area contributed by atoms with E-state index in [9.17, 15) is 9.59 Å². The van der Waals surface area contributed by atoms with Crippen molar-refractivity contribution in [3.8, 4) is 0 Å². The number of hydrogen-bond acceptors (Lipinski definition) is 5. The SMILES string of the molecule is CCC(=O)N1CCC2(CC1)OC(C(=O)N1CCOCC1)Cn1ccnc12. The van der Waals surface area contributed by atoms with Gasteiger partial charge in [0.2, 0.25) is 5.91 Å². The molecule has 0 radical (unpaired) electrons. The van der Waals surface area contributed by atoms with Gasteiger partial charge in [-0.15, -0.1) is 0 Å². The van der Waals surface area contributed by atoms with Gasteiger partial charge in [-0.1, -0.05) is 6.92 Å². The van der Waals surface area contributed by atoms with E-state index in [1.165, 1.54) is 0 Å². The molecule has 1 aromatic rings. The Bertz CT molecular complexity index is 674. The van der Waals surface area contributed by atoms with Crippen LogP contribution in [0.2, 0.25) is 0 Å². The zero-order chi connectivity index (χ0) is 18.1. The maximum atomic E-state index is 13.0. The van der Waals surface area contributed by atoms with Gasteiger partial charge >= 0.3 is 0 Å². The molecule has 2 saturated heterocycles. The molecule has 0 aromatic carbocycles. The summed E-state index contributed by atoms with van der Waals surface area (Å²) in [6.07, 6.45) is 5.03. The zero-order valence-electron chi connectivity index (χ0n) is 15.2. The highest BCUT2D eigenvalue weighted by molar-refractivity contribution is 5.81. The zero-order valence-corrected chi connectivity index (χ0v) is 15.2. The summed E-state index contributed by atoms with van der Waals surface area (Å²) in [5.74, 6) is 1.08. The van der Waals surface area contributed by atoms with Crippen LogP contribution in [0.1, 0.15) is 32.0 Å². The van der Waals surface area contributed by atoms with E-state index in [0.29, 0.717) is 65.2 Å². The van der Waals surface area contributed by atoms with Crippen LogP contribution in [0.15, 0.2) is 12.4 Å². The molecule has 2 amide bonds. The summed E-state index contributed by atoms with van der Waals surface area (Å²) in [7, 11) is 0. The predicted molar refractivity (Wildman–Crippen MR) is 92.3 cm³/mol. The Kier molecular flexibility index (Phi) is 4.71. The van der Waals surface area contributed by atoms with Gasteiger partial charge in [-0.2, -0.15) is 0 Å². The van der Waals surface area contributed by atoms with Gasteiger partial charge in [0.1, 0.15) is 11.4 Å². The monoisotopic (exact) mass is 362 g/mol. The lowest BCUT2D eigenvalue weighted by molar-refractivity contribution is -0.184. The number of rotatable bonds is 2. The smallest absolute Gasteiger partial charge is 0.253 e. The van der Waals surface area contributed by atoms with Crippen molar-refractivity contribution in [3.63, 3.8) is 0 Å². The van der Waals surface area contributed by atoms with Crippen LogP contribution in [-0.4, -0.2) is 76.7 Å². The first-order valence-electron chi connectivity index (χ1n) is 9.47. The molecule has 0 bridgehead atoms. The molecule has 3 aliphatic heterocycles. The van der Waals surface area contributed by atoms with E-state index in [2.05, 4.69) is 4.98 Å². The molecule has 3 aliphatic rings. The molecule has 4 heterocycles. The fourth-order valence-electron chi connectivity index (χ4n) is 4.20. The molecule has 1 aromatic heterocycles. The number of aromatic nitrogens is 2. The molecule has 4 rings (SSSR count). The molecule has 142 valence electrons. The quantitative estimate of drug-likeness (QED) is 0.760. The van der Waals surface area contributed by atoms with Crippen LogP contribution >= 0.6 is 0 Å². The third kappa shape index (κ3) is 3.01. The average Bonchev–Trinajstić information content (AvgIpc) is 3.18. The van der Waals surface area contributed by atoms with Crippen molar-refractivity contribution in [2.45, 2.75) is 44.4 Å². The van der Waals surface area contributed by atoms with Crippen molar-refractivity contribution < 1.29 is 19.1 Å². The van der Waals surface area contributed by atoms with E-state index in [4.69, 9.17) is 9.47 Å². The van der Waals surface area contributed by atoms with Crippen molar-refractivity contribution in [1.29, 1.82) is 0 Å². The van der Waals surface area contributed by atoms with Gasteiger partial charge in [-0.25, -0.2) is 4.98 Å². The predicted octanol–water partition coefficient (Wildman–Crippen LogP) is 0.368. The van der Waals surface area contributed by atoms with Crippen LogP contribution in [0.5, 0.6) is 0 Å². The Morgan fingerprint density at radius 1 is 1.19 bits per heavy atom. The van der Waals surface area contributed by atoms with E-state index in [1.807, 2.05) is 27.5 Å². The van der Waals surface area contributed by atoms with Crippen LogP contribution in [0.3, 0.4) is 0 Å². The number of likely N-dealkylation sites (tertiary alicyclic amines) is 1. The summed E-state index contributed by atoms with van der Waals surface area (Å²) in [5, 5.41) is 0. The lowest BCUT2D eigenvalue weighted by atomic mass is 9.88. The Labute approximate surface area is 153 Å². The van der Waals surface area contributed by atoms with Gasteiger partial charge in [-0.05, 0) is 0 Å². The van der Waals surface area contributed by atoms with Crippen molar-refractivity contribution in [3.05, 3.63) is 18.2 Å². The van der Waals surface area contributed by atoms with Crippen molar-refractivity contribution in [1.82, 2.24) is 19.4 Å². The molecular formula is C18H26N4O4. The van der Waals surface area contributed by atoms with E-state index in [-0.39, 0.29) is 11.8 Å². The number of piperidine rings is 1. The second-order valence-corrected chi connectivity index (χ2v) is 7.18. The third-order valence-corrected chi connectivity index (χ3v) is 5.68. The Hall–Kier alpha value is -1.93. The number of carbonyl (C=O) groups is 2. The first kappa shape index (κ1) is 17.5. The summed E-state index contributed by atoms with van der Waals surface area (Å²) in [6, 6.07) is 0.